The molecule has 0 amide bonds. The van der Waals surface area contributed by atoms with Gasteiger partial charge in [-0.3, -0.25) is 15.4 Å². The van der Waals surface area contributed by atoms with E-state index in [0.29, 0.717) is 11.9 Å². The quantitative estimate of drug-likeness (QED) is 0.341. The van der Waals surface area contributed by atoms with Gasteiger partial charge in [0.1, 0.15) is 0 Å². The molecule has 0 saturated heterocycles. The molecule has 1 aromatic heterocycles. The van der Waals surface area contributed by atoms with Crippen LogP contribution >= 0.6 is 0 Å². The molecule has 0 bridgehead atoms. The maximum Gasteiger partial charge on any atom is 0.210 e. The summed E-state index contributed by atoms with van der Waals surface area (Å²) in [5, 5.41) is 4.24. The van der Waals surface area contributed by atoms with Crippen molar-refractivity contribution in [3.63, 3.8) is 0 Å². The Kier molecular flexibility index (Phi) is 4.30. The summed E-state index contributed by atoms with van der Waals surface area (Å²) in [4.78, 5) is 8.65. The van der Waals surface area contributed by atoms with Crippen LogP contribution in [-0.4, -0.2) is 17.5 Å². The van der Waals surface area contributed by atoms with Crippen LogP contribution < -0.4 is 16.6 Å². The molecular weight excluding hydrogens is 238 g/mol. The molecule has 0 saturated carbocycles. The highest BCUT2D eigenvalue weighted by atomic mass is 15.3. The van der Waals surface area contributed by atoms with Crippen molar-refractivity contribution in [1.29, 1.82) is 0 Å². The summed E-state index contributed by atoms with van der Waals surface area (Å²) in [6.07, 6.45) is 1.78. The molecule has 5 heteroatoms. The maximum absolute atomic E-state index is 5.46. The van der Waals surface area contributed by atoms with E-state index in [2.05, 4.69) is 34.6 Å². The highest BCUT2D eigenvalue weighted by Crippen LogP contribution is 2.16. The van der Waals surface area contributed by atoms with E-state index in [4.69, 9.17) is 5.84 Å². The standard InChI is InChI=1S/C14H19N5/c1-10(2)9-17-14(19-15)18-12-5-6-13-11(8-12)4-3-7-16-13/h3-8,10H,9,15H2,1-2H3,(H2,17,18,19). The predicted octanol–water partition coefficient (Wildman–Crippen LogP) is 2.12. The SMILES string of the molecule is CC(C)CN=C(NN)Nc1ccc2ncccc2c1. The van der Waals surface area contributed by atoms with Gasteiger partial charge < -0.3 is 5.32 Å². The fourth-order valence-corrected chi connectivity index (χ4v) is 1.69. The molecule has 2 rings (SSSR count). The Morgan fingerprint density at radius 2 is 2.21 bits per heavy atom. The van der Waals surface area contributed by atoms with Crippen LogP contribution in [0.3, 0.4) is 0 Å². The normalized spacial score (nSPS) is 11.9. The molecule has 0 fully saturated rings. The van der Waals surface area contributed by atoms with E-state index >= 15 is 0 Å². The van der Waals surface area contributed by atoms with E-state index in [9.17, 15) is 0 Å². The first kappa shape index (κ1) is 13.3. The number of anilines is 1. The zero-order valence-corrected chi connectivity index (χ0v) is 11.2. The van der Waals surface area contributed by atoms with Crippen molar-refractivity contribution in [3.05, 3.63) is 36.5 Å². The Balaban J connectivity index is 2.17. The van der Waals surface area contributed by atoms with Crippen LogP contribution in [0.1, 0.15) is 13.8 Å². The Morgan fingerprint density at radius 3 is 2.95 bits per heavy atom. The lowest BCUT2D eigenvalue weighted by atomic mass is 10.2. The zero-order valence-electron chi connectivity index (χ0n) is 11.2. The lowest BCUT2D eigenvalue weighted by Crippen LogP contribution is -2.36. The number of nitrogens with zero attached hydrogens (tertiary/aromatic N) is 2. The number of rotatable bonds is 3. The predicted molar refractivity (Wildman–Crippen MR) is 79.8 cm³/mol. The summed E-state index contributed by atoms with van der Waals surface area (Å²) in [5.74, 6) is 6.52. The number of hydrogen-bond donors (Lipinski definition) is 3. The van der Waals surface area contributed by atoms with Crippen molar-refractivity contribution in [1.82, 2.24) is 10.4 Å². The molecule has 0 aliphatic heterocycles. The topological polar surface area (TPSA) is 75.3 Å². The molecule has 0 spiro atoms. The van der Waals surface area contributed by atoms with Gasteiger partial charge in [-0.05, 0) is 30.2 Å². The van der Waals surface area contributed by atoms with Gasteiger partial charge in [-0.1, -0.05) is 19.9 Å². The average Bonchev–Trinajstić information content (AvgIpc) is 2.43. The van der Waals surface area contributed by atoms with Crippen molar-refractivity contribution in [2.75, 3.05) is 11.9 Å². The number of hydrazine groups is 1. The third kappa shape index (κ3) is 3.66. The Bertz CT molecular complexity index is 577. The van der Waals surface area contributed by atoms with Gasteiger partial charge in [0.05, 0.1) is 5.52 Å². The third-order valence-corrected chi connectivity index (χ3v) is 2.62. The van der Waals surface area contributed by atoms with Crippen LogP contribution in [0.25, 0.3) is 10.9 Å². The van der Waals surface area contributed by atoms with Crippen molar-refractivity contribution < 1.29 is 0 Å². The smallest absolute Gasteiger partial charge is 0.210 e. The van der Waals surface area contributed by atoms with Gasteiger partial charge >= 0.3 is 0 Å². The van der Waals surface area contributed by atoms with Gasteiger partial charge in [0, 0.05) is 23.8 Å². The molecule has 1 heterocycles. The molecule has 0 atom stereocenters. The second kappa shape index (κ2) is 6.15. The molecular formula is C14H19N5. The molecule has 0 aliphatic carbocycles. The van der Waals surface area contributed by atoms with Gasteiger partial charge in [-0.25, -0.2) is 5.84 Å². The number of nitrogens with two attached hydrogens (primary N) is 1. The van der Waals surface area contributed by atoms with Crippen LogP contribution in [0.15, 0.2) is 41.5 Å². The minimum atomic E-state index is 0.492. The number of hydrogen-bond acceptors (Lipinski definition) is 3. The number of fused-ring (bicyclic) bond motifs is 1. The molecule has 5 nitrogen and oxygen atoms in total. The second-order valence-electron chi connectivity index (χ2n) is 4.76. The molecule has 4 N–H and O–H groups in total. The summed E-state index contributed by atoms with van der Waals surface area (Å²) in [6.45, 7) is 4.94. The first-order chi connectivity index (χ1) is 9.19. The van der Waals surface area contributed by atoms with Crippen LogP contribution in [0.4, 0.5) is 5.69 Å². The van der Waals surface area contributed by atoms with E-state index in [0.717, 1.165) is 23.1 Å². The number of aliphatic imine (C=N–C) groups is 1. The zero-order chi connectivity index (χ0) is 13.7. The fraction of sp³-hybridized carbons (Fsp3) is 0.286. The summed E-state index contributed by atoms with van der Waals surface area (Å²) < 4.78 is 0. The van der Waals surface area contributed by atoms with Gasteiger partial charge in [0.25, 0.3) is 0 Å². The summed E-state index contributed by atoms with van der Waals surface area (Å²) in [7, 11) is 0. The summed E-state index contributed by atoms with van der Waals surface area (Å²) >= 11 is 0. The monoisotopic (exact) mass is 257 g/mol. The third-order valence-electron chi connectivity index (χ3n) is 2.62. The minimum Gasteiger partial charge on any atom is -0.325 e. The number of guanidine groups is 1. The Hall–Kier alpha value is -2.14. The maximum atomic E-state index is 5.46. The van der Waals surface area contributed by atoms with Gasteiger partial charge in [-0.15, -0.1) is 0 Å². The van der Waals surface area contributed by atoms with Gasteiger partial charge in [0.15, 0.2) is 0 Å². The highest BCUT2D eigenvalue weighted by molar-refractivity contribution is 5.95. The molecule has 19 heavy (non-hydrogen) atoms. The number of benzene rings is 1. The summed E-state index contributed by atoms with van der Waals surface area (Å²) in [6, 6.07) is 9.88. The summed E-state index contributed by atoms with van der Waals surface area (Å²) in [5.41, 5.74) is 4.48. The molecule has 0 radical (unpaired) electrons. The van der Waals surface area contributed by atoms with Crippen LogP contribution in [0.5, 0.6) is 0 Å². The van der Waals surface area contributed by atoms with E-state index in [-0.39, 0.29) is 0 Å². The van der Waals surface area contributed by atoms with Crippen LogP contribution in [0, 0.1) is 5.92 Å². The van der Waals surface area contributed by atoms with Crippen molar-refractivity contribution in [3.8, 4) is 0 Å². The van der Waals surface area contributed by atoms with E-state index in [1.165, 1.54) is 0 Å². The van der Waals surface area contributed by atoms with Crippen molar-refractivity contribution in [2.45, 2.75) is 13.8 Å². The number of aromatic nitrogens is 1. The Morgan fingerprint density at radius 1 is 1.37 bits per heavy atom. The van der Waals surface area contributed by atoms with E-state index in [1.54, 1.807) is 6.20 Å². The first-order valence-electron chi connectivity index (χ1n) is 6.32. The van der Waals surface area contributed by atoms with Crippen molar-refractivity contribution >= 4 is 22.5 Å². The molecule has 0 unspecified atom stereocenters. The molecule has 100 valence electrons. The van der Waals surface area contributed by atoms with Gasteiger partial charge in [0.2, 0.25) is 5.96 Å². The molecule has 2 aromatic rings. The Labute approximate surface area is 112 Å². The first-order valence-corrected chi connectivity index (χ1v) is 6.32. The fourth-order valence-electron chi connectivity index (χ4n) is 1.69. The average molecular weight is 257 g/mol. The lowest BCUT2D eigenvalue weighted by Gasteiger charge is -2.10. The molecule has 0 aliphatic rings. The number of pyridine rings is 1. The van der Waals surface area contributed by atoms with Crippen molar-refractivity contribution in [2.24, 2.45) is 16.8 Å². The largest absolute Gasteiger partial charge is 0.325 e. The van der Waals surface area contributed by atoms with Crippen LogP contribution in [-0.2, 0) is 0 Å². The lowest BCUT2D eigenvalue weighted by molar-refractivity contribution is 0.663. The number of nitrogens with one attached hydrogen (secondary N) is 2. The van der Waals surface area contributed by atoms with Gasteiger partial charge in [-0.2, -0.15) is 0 Å². The van der Waals surface area contributed by atoms with Crippen LogP contribution in [0.2, 0.25) is 0 Å². The highest BCUT2D eigenvalue weighted by Gasteiger charge is 2.01. The van der Waals surface area contributed by atoms with E-state index < -0.39 is 0 Å². The second-order valence-corrected chi connectivity index (χ2v) is 4.76. The van der Waals surface area contributed by atoms with E-state index in [1.807, 2.05) is 30.3 Å². The molecule has 1 aromatic carbocycles. The minimum absolute atomic E-state index is 0.492.